The Kier molecular flexibility index (Phi) is 17.3. The van der Waals surface area contributed by atoms with Gasteiger partial charge in [-0.05, 0) is 13.8 Å². The molecular weight excluding hydrogens is 282 g/mol. The Labute approximate surface area is 128 Å². The Bertz CT molecular complexity index is 186. The zero-order valence-corrected chi connectivity index (χ0v) is 13.5. The molecule has 0 aromatic heterocycles. The minimum absolute atomic E-state index is 0.255. The predicted octanol–water partition coefficient (Wildman–Crippen LogP) is 0.912. The fourth-order valence-electron chi connectivity index (χ4n) is 1.22. The molecule has 0 aromatic carbocycles. The molecule has 0 aliphatic heterocycles. The molecule has 0 unspecified atom stereocenters. The van der Waals surface area contributed by atoms with E-state index >= 15 is 0 Å². The molecule has 0 bridgehead atoms. The van der Waals surface area contributed by atoms with Crippen LogP contribution in [0, 0.1) is 0 Å². The lowest BCUT2D eigenvalue weighted by molar-refractivity contribution is -0.0173. The molecule has 6 nitrogen and oxygen atoms in total. The van der Waals surface area contributed by atoms with Crippen molar-refractivity contribution in [2.24, 2.45) is 0 Å². The minimum atomic E-state index is 0.255. The highest BCUT2D eigenvalue weighted by Gasteiger charge is 1.94. The van der Waals surface area contributed by atoms with Gasteiger partial charge in [0.15, 0.2) is 0 Å². The van der Waals surface area contributed by atoms with Crippen LogP contribution in [0.2, 0.25) is 0 Å². The molecule has 7 heteroatoms. The van der Waals surface area contributed by atoms with Crippen molar-refractivity contribution in [2.45, 2.75) is 20.0 Å². The van der Waals surface area contributed by atoms with Gasteiger partial charge in [-0.3, -0.25) is 4.72 Å². The fraction of sp³-hybridized carbons (Fsp3) is 1.00. The summed E-state index contributed by atoms with van der Waals surface area (Å²) in [5.41, 5.74) is 0. The van der Waals surface area contributed by atoms with Crippen molar-refractivity contribution in [1.29, 1.82) is 0 Å². The normalized spacial score (nSPS) is 11.4. The number of hydrogen-bond acceptors (Lipinski definition) is 7. The monoisotopic (exact) mass is 311 g/mol. The maximum Gasteiger partial charge on any atom is 0.0703 e. The fourth-order valence-corrected chi connectivity index (χ4v) is 1.31. The summed E-state index contributed by atoms with van der Waals surface area (Å²) in [4.78, 5) is 0. The van der Waals surface area contributed by atoms with Gasteiger partial charge in [-0.1, -0.05) is 12.8 Å². The van der Waals surface area contributed by atoms with E-state index in [-0.39, 0.29) is 6.10 Å². The Morgan fingerprint density at radius 1 is 0.700 bits per heavy atom. The average Bonchev–Trinajstić information content (AvgIpc) is 2.43. The molecular formula is C13H29NO5S. The summed E-state index contributed by atoms with van der Waals surface area (Å²) in [6.07, 6.45) is 0.255. The van der Waals surface area contributed by atoms with Gasteiger partial charge in [0, 0.05) is 6.54 Å². The van der Waals surface area contributed by atoms with Crippen molar-refractivity contribution in [3.63, 3.8) is 0 Å². The molecule has 0 saturated carbocycles. The maximum absolute atomic E-state index is 5.35. The number of thiol groups is 1. The van der Waals surface area contributed by atoms with Crippen molar-refractivity contribution in [1.82, 2.24) is 4.72 Å². The molecule has 122 valence electrons. The van der Waals surface area contributed by atoms with Gasteiger partial charge in [-0.2, -0.15) is 0 Å². The van der Waals surface area contributed by atoms with Gasteiger partial charge < -0.3 is 23.7 Å². The summed E-state index contributed by atoms with van der Waals surface area (Å²) >= 11 is 3.85. The molecule has 0 atom stereocenters. The first-order valence-electron chi connectivity index (χ1n) is 7.07. The minimum Gasteiger partial charge on any atom is -0.378 e. The lowest BCUT2D eigenvalue weighted by atomic mass is 10.5. The summed E-state index contributed by atoms with van der Waals surface area (Å²) in [6.45, 7) is 10.1. The van der Waals surface area contributed by atoms with E-state index < -0.39 is 0 Å². The van der Waals surface area contributed by atoms with E-state index in [0.29, 0.717) is 59.5 Å². The van der Waals surface area contributed by atoms with E-state index in [4.69, 9.17) is 23.7 Å². The molecule has 0 saturated heterocycles. The molecule has 0 fully saturated rings. The smallest absolute Gasteiger partial charge is 0.0703 e. The molecule has 0 aromatic rings. The van der Waals surface area contributed by atoms with E-state index in [1.54, 1.807) is 0 Å². The van der Waals surface area contributed by atoms with Crippen LogP contribution in [0.4, 0.5) is 0 Å². The molecule has 0 aliphatic carbocycles. The van der Waals surface area contributed by atoms with Crippen molar-refractivity contribution in [3.8, 4) is 0 Å². The summed E-state index contributed by atoms with van der Waals surface area (Å²) in [5, 5.41) is 0. The summed E-state index contributed by atoms with van der Waals surface area (Å²) in [7, 11) is 0. The molecule has 0 aliphatic rings. The van der Waals surface area contributed by atoms with E-state index in [2.05, 4.69) is 17.5 Å². The molecule has 1 N–H and O–H groups in total. The topological polar surface area (TPSA) is 58.2 Å². The van der Waals surface area contributed by atoms with Gasteiger partial charge in [-0.25, -0.2) is 0 Å². The molecule has 0 heterocycles. The summed E-state index contributed by atoms with van der Waals surface area (Å²) < 4.78 is 29.3. The molecule has 0 amide bonds. The SMILES string of the molecule is CC(C)OCCOCCOCCOCCOCCNS. The van der Waals surface area contributed by atoms with Crippen LogP contribution >= 0.6 is 12.8 Å². The van der Waals surface area contributed by atoms with Crippen LogP contribution in [0.3, 0.4) is 0 Å². The van der Waals surface area contributed by atoms with Crippen LogP contribution in [0.25, 0.3) is 0 Å². The van der Waals surface area contributed by atoms with Gasteiger partial charge in [-0.15, -0.1) is 0 Å². The largest absolute Gasteiger partial charge is 0.378 e. The zero-order chi connectivity index (χ0) is 14.9. The standard InChI is InChI=1S/C13H29NO5S/c1-13(2)19-12-11-18-10-9-17-8-7-16-6-5-15-4-3-14-20/h13-14,20H,3-12H2,1-2H3. The lowest BCUT2D eigenvalue weighted by Crippen LogP contribution is -2.15. The molecule has 0 rings (SSSR count). The van der Waals surface area contributed by atoms with Crippen molar-refractivity contribution >= 4 is 12.8 Å². The number of rotatable bonds is 16. The van der Waals surface area contributed by atoms with E-state index in [9.17, 15) is 0 Å². The summed E-state index contributed by atoms with van der Waals surface area (Å²) in [5.74, 6) is 0. The Balaban J connectivity index is 2.92. The molecule has 0 radical (unpaired) electrons. The third kappa shape index (κ3) is 18.1. The number of hydrogen-bond donors (Lipinski definition) is 2. The number of ether oxygens (including phenoxy) is 5. The van der Waals surface area contributed by atoms with Gasteiger partial charge in [0.05, 0.1) is 65.6 Å². The van der Waals surface area contributed by atoms with Crippen LogP contribution in [0.5, 0.6) is 0 Å². The van der Waals surface area contributed by atoms with Gasteiger partial charge in [0.25, 0.3) is 0 Å². The van der Waals surface area contributed by atoms with Crippen LogP contribution < -0.4 is 4.72 Å². The van der Waals surface area contributed by atoms with Crippen molar-refractivity contribution in [3.05, 3.63) is 0 Å². The third-order valence-corrected chi connectivity index (χ3v) is 2.38. The van der Waals surface area contributed by atoms with Gasteiger partial charge in [0.2, 0.25) is 0 Å². The van der Waals surface area contributed by atoms with E-state index in [1.165, 1.54) is 0 Å². The Morgan fingerprint density at radius 2 is 1.10 bits per heavy atom. The molecule has 20 heavy (non-hydrogen) atoms. The third-order valence-electron chi connectivity index (χ3n) is 2.15. The first-order valence-corrected chi connectivity index (χ1v) is 7.51. The first kappa shape index (κ1) is 20.1. The molecule has 0 spiro atoms. The first-order chi connectivity index (χ1) is 9.77. The van der Waals surface area contributed by atoms with E-state index in [0.717, 1.165) is 6.54 Å². The summed E-state index contributed by atoms with van der Waals surface area (Å²) in [6, 6.07) is 0. The van der Waals surface area contributed by atoms with Crippen LogP contribution in [-0.4, -0.2) is 72.1 Å². The van der Waals surface area contributed by atoms with Crippen LogP contribution in [-0.2, 0) is 23.7 Å². The average molecular weight is 311 g/mol. The highest BCUT2D eigenvalue weighted by atomic mass is 32.1. The van der Waals surface area contributed by atoms with Crippen LogP contribution in [0.15, 0.2) is 0 Å². The Morgan fingerprint density at radius 3 is 1.50 bits per heavy atom. The van der Waals surface area contributed by atoms with E-state index in [1.807, 2.05) is 13.8 Å². The Hall–Kier alpha value is 0.110. The van der Waals surface area contributed by atoms with Crippen LogP contribution in [0.1, 0.15) is 13.8 Å². The zero-order valence-electron chi connectivity index (χ0n) is 12.6. The lowest BCUT2D eigenvalue weighted by Gasteiger charge is -2.09. The van der Waals surface area contributed by atoms with Crippen molar-refractivity contribution < 1.29 is 23.7 Å². The van der Waals surface area contributed by atoms with Gasteiger partial charge >= 0.3 is 0 Å². The second-order valence-corrected chi connectivity index (χ2v) is 4.59. The van der Waals surface area contributed by atoms with Crippen molar-refractivity contribution in [2.75, 3.05) is 66.0 Å². The highest BCUT2D eigenvalue weighted by Crippen LogP contribution is 1.87. The second kappa shape index (κ2) is 17.2. The maximum atomic E-state index is 5.35. The second-order valence-electron chi connectivity index (χ2n) is 4.28. The quantitative estimate of drug-likeness (QED) is 0.326. The highest BCUT2D eigenvalue weighted by molar-refractivity contribution is 7.78. The number of nitrogens with one attached hydrogen (secondary N) is 1. The van der Waals surface area contributed by atoms with Gasteiger partial charge in [0.1, 0.15) is 0 Å². The predicted molar refractivity (Wildman–Crippen MR) is 81.4 cm³/mol.